The topological polar surface area (TPSA) is 17.1 Å². The SMILES string of the molecule is O=C1CC2CC#CCC1C2. The third-order valence-electron chi connectivity index (χ3n) is 2.43. The number of hydrogen-bond acceptors (Lipinski definition) is 1. The van der Waals surface area contributed by atoms with Gasteiger partial charge in [-0.1, -0.05) is 0 Å². The zero-order valence-corrected chi connectivity index (χ0v) is 5.89. The predicted octanol–water partition coefficient (Wildman–Crippen LogP) is 1.38. The van der Waals surface area contributed by atoms with Crippen molar-refractivity contribution in [3.63, 3.8) is 0 Å². The smallest absolute Gasteiger partial charge is 0.137 e. The molecule has 0 aliphatic heterocycles. The van der Waals surface area contributed by atoms with E-state index in [-0.39, 0.29) is 0 Å². The molecule has 0 N–H and O–H groups in total. The molecule has 2 rings (SSSR count). The van der Waals surface area contributed by atoms with E-state index in [0.717, 1.165) is 25.7 Å². The van der Waals surface area contributed by atoms with E-state index in [4.69, 9.17) is 0 Å². The Balaban J connectivity index is 2.22. The fourth-order valence-corrected chi connectivity index (χ4v) is 1.83. The van der Waals surface area contributed by atoms with E-state index in [9.17, 15) is 4.79 Å². The number of carbonyl (C=O) groups excluding carboxylic acids is 1. The van der Waals surface area contributed by atoms with Gasteiger partial charge in [0.2, 0.25) is 0 Å². The Morgan fingerprint density at radius 2 is 2.10 bits per heavy atom. The summed E-state index contributed by atoms with van der Waals surface area (Å²) >= 11 is 0. The third-order valence-corrected chi connectivity index (χ3v) is 2.43. The highest BCUT2D eigenvalue weighted by Gasteiger charge is 2.32. The van der Waals surface area contributed by atoms with Crippen LogP contribution < -0.4 is 0 Å². The molecular formula is C9H10O. The minimum atomic E-state index is 0.306. The standard InChI is InChI=1S/C9H10O/c10-9-6-7-3-1-2-4-8(9)5-7/h7-8H,3-6H2. The highest BCUT2D eigenvalue weighted by atomic mass is 16.1. The zero-order chi connectivity index (χ0) is 6.97. The first-order chi connectivity index (χ1) is 4.86. The van der Waals surface area contributed by atoms with E-state index >= 15 is 0 Å². The molecule has 10 heavy (non-hydrogen) atoms. The molecule has 1 fully saturated rings. The van der Waals surface area contributed by atoms with Crippen LogP contribution in [0.1, 0.15) is 25.7 Å². The number of Topliss-reactive ketones (excluding diaryl/α,β-unsaturated/α-hetero) is 1. The summed E-state index contributed by atoms with van der Waals surface area (Å²) in [4.78, 5) is 11.1. The first-order valence-corrected chi connectivity index (χ1v) is 3.84. The summed E-state index contributed by atoms with van der Waals surface area (Å²) in [5.41, 5.74) is 0. The Bertz CT molecular complexity index is 219. The number of rotatable bonds is 0. The lowest BCUT2D eigenvalue weighted by Gasteiger charge is -1.99. The van der Waals surface area contributed by atoms with Gasteiger partial charge in [-0.25, -0.2) is 0 Å². The average molecular weight is 134 g/mol. The summed E-state index contributed by atoms with van der Waals surface area (Å²) in [6.07, 6.45) is 3.69. The summed E-state index contributed by atoms with van der Waals surface area (Å²) in [5.74, 6) is 7.50. The second-order valence-electron chi connectivity index (χ2n) is 3.23. The summed E-state index contributed by atoms with van der Waals surface area (Å²) < 4.78 is 0. The van der Waals surface area contributed by atoms with Crippen LogP contribution in [0.4, 0.5) is 0 Å². The van der Waals surface area contributed by atoms with Crippen molar-refractivity contribution >= 4 is 5.78 Å². The molecule has 1 heteroatoms. The Hall–Kier alpha value is -0.770. The Morgan fingerprint density at radius 3 is 3.00 bits per heavy atom. The van der Waals surface area contributed by atoms with Gasteiger partial charge in [-0.3, -0.25) is 4.79 Å². The van der Waals surface area contributed by atoms with Gasteiger partial charge in [-0.05, 0) is 12.3 Å². The lowest BCUT2D eigenvalue weighted by molar-refractivity contribution is -0.120. The molecular weight excluding hydrogens is 124 g/mol. The van der Waals surface area contributed by atoms with Crippen LogP contribution in [0.15, 0.2) is 0 Å². The molecule has 0 spiro atoms. The van der Waals surface area contributed by atoms with Gasteiger partial charge in [0.05, 0.1) is 0 Å². The van der Waals surface area contributed by atoms with Crippen molar-refractivity contribution < 1.29 is 4.79 Å². The maximum absolute atomic E-state index is 11.1. The quantitative estimate of drug-likeness (QED) is 0.457. The molecule has 1 nitrogen and oxygen atoms in total. The van der Waals surface area contributed by atoms with Gasteiger partial charge in [0.25, 0.3) is 0 Å². The minimum Gasteiger partial charge on any atom is -0.299 e. The summed E-state index contributed by atoms with van der Waals surface area (Å²) in [6.45, 7) is 0. The van der Waals surface area contributed by atoms with Crippen molar-refractivity contribution in [2.45, 2.75) is 25.7 Å². The molecule has 2 aliphatic carbocycles. The van der Waals surface area contributed by atoms with Crippen molar-refractivity contribution in [3.8, 4) is 11.8 Å². The summed E-state index contributed by atoms with van der Waals surface area (Å²) in [6, 6.07) is 0. The van der Waals surface area contributed by atoms with Crippen LogP contribution >= 0.6 is 0 Å². The lowest BCUT2D eigenvalue weighted by Crippen LogP contribution is -2.04. The van der Waals surface area contributed by atoms with Crippen LogP contribution in [0.5, 0.6) is 0 Å². The second kappa shape index (κ2) is 2.12. The number of fused-ring (bicyclic) bond motifs is 2. The summed E-state index contributed by atoms with van der Waals surface area (Å²) in [5, 5.41) is 0. The fraction of sp³-hybridized carbons (Fsp3) is 0.667. The van der Waals surface area contributed by atoms with Gasteiger partial charge < -0.3 is 0 Å². The lowest BCUT2D eigenvalue weighted by atomic mass is 10.0. The molecule has 0 saturated heterocycles. The molecule has 0 aromatic rings. The molecule has 52 valence electrons. The van der Waals surface area contributed by atoms with E-state index in [0.29, 0.717) is 17.6 Å². The van der Waals surface area contributed by atoms with Crippen LogP contribution in [0.25, 0.3) is 0 Å². The van der Waals surface area contributed by atoms with E-state index in [1.807, 2.05) is 0 Å². The van der Waals surface area contributed by atoms with Gasteiger partial charge in [0, 0.05) is 25.2 Å². The van der Waals surface area contributed by atoms with Crippen molar-refractivity contribution in [3.05, 3.63) is 0 Å². The molecule has 2 unspecified atom stereocenters. The van der Waals surface area contributed by atoms with Gasteiger partial charge in [-0.15, -0.1) is 11.8 Å². The Labute approximate surface area is 60.8 Å². The number of carbonyl (C=O) groups is 1. The molecule has 2 bridgehead atoms. The maximum atomic E-state index is 11.1. The highest BCUT2D eigenvalue weighted by Crippen LogP contribution is 2.33. The van der Waals surface area contributed by atoms with Crippen molar-refractivity contribution in [2.24, 2.45) is 11.8 Å². The van der Waals surface area contributed by atoms with Crippen LogP contribution in [0, 0.1) is 23.7 Å². The molecule has 0 amide bonds. The van der Waals surface area contributed by atoms with Crippen LogP contribution in [-0.4, -0.2) is 5.78 Å². The van der Waals surface area contributed by atoms with Gasteiger partial charge in [0.15, 0.2) is 0 Å². The van der Waals surface area contributed by atoms with Crippen LogP contribution in [0.3, 0.4) is 0 Å². The molecule has 0 aromatic heterocycles. The molecule has 2 aliphatic rings. The van der Waals surface area contributed by atoms with E-state index < -0.39 is 0 Å². The number of ketones is 1. The minimum absolute atomic E-state index is 0.306. The highest BCUT2D eigenvalue weighted by molar-refractivity contribution is 5.83. The van der Waals surface area contributed by atoms with E-state index in [1.54, 1.807) is 0 Å². The predicted molar refractivity (Wildman–Crippen MR) is 38.2 cm³/mol. The second-order valence-corrected chi connectivity index (χ2v) is 3.23. The fourth-order valence-electron chi connectivity index (χ4n) is 1.83. The van der Waals surface area contributed by atoms with Gasteiger partial charge in [0.1, 0.15) is 5.78 Å². The van der Waals surface area contributed by atoms with Gasteiger partial charge in [-0.2, -0.15) is 0 Å². The first-order valence-electron chi connectivity index (χ1n) is 3.84. The summed E-state index contributed by atoms with van der Waals surface area (Å²) in [7, 11) is 0. The largest absolute Gasteiger partial charge is 0.299 e. The molecule has 1 saturated carbocycles. The normalized spacial score (nSPS) is 36.6. The zero-order valence-electron chi connectivity index (χ0n) is 5.89. The van der Waals surface area contributed by atoms with Crippen molar-refractivity contribution in [1.82, 2.24) is 0 Å². The van der Waals surface area contributed by atoms with Gasteiger partial charge >= 0.3 is 0 Å². The van der Waals surface area contributed by atoms with Crippen molar-refractivity contribution in [1.29, 1.82) is 0 Å². The maximum Gasteiger partial charge on any atom is 0.137 e. The first kappa shape index (κ1) is 5.97. The molecule has 0 heterocycles. The average Bonchev–Trinajstić information content (AvgIpc) is 2.18. The van der Waals surface area contributed by atoms with Crippen LogP contribution in [0.2, 0.25) is 0 Å². The monoisotopic (exact) mass is 134 g/mol. The van der Waals surface area contributed by atoms with Crippen molar-refractivity contribution in [2.75, 3.05) is 0 Å². The molecule has 0 aromatic carbocycles. The number of hydrogen-bond donors (Lipinski definition) is 0. The third kappa shape index (κ3) is 0.844. The molecule has 0 radical (unpaired) electrons. The van der Waals surface area contributed by atoms with E-state index in [2.05, 4.69) is 11.8 Å². The molecule has 2 atom stereocenters. The Morgan fingerprint density at radius 1 is 1.30 bits per heavy atom. The van der Waals surface area contributed by atoms with Crippen LogP contribution in [-0.2, 0) is 4.79 Å². The van der Waals surface area contributed by atoms with E-state index in [1.165, 1.54) is 0 Å². The Kier molecular flexibility index (Phi) is 1.27.